The minimum atomic E-state index is -4.57. The van der Waals surface area contributed by atoms with Crippen LogP contribution in [0.1, 0.15) is 19.4 Å². The summed E-state index contributed by atoms with van der Waals surface area (Å²) in [4.78, 5) is 19.1. The van der Waals surface area contributed by atoms with Gasteiger partial charge in [0.15, 0.2) is 0 Å². The summed E-state index contributed by atoms with van der Waals surface area (Å²) in [5.41, 5.74) is 8.63. The second-order valence-electron chi connectivity index (χ2n) is 4.66. The summed E-state index contributed by atoms with van der Waals surface area (Å²) in [7, 11) is 0. The number of halogens is 3. The van der Waals surface area contributed by atoms with Crippen LogP contribution in [0, 0.1) is 5.92 Å². The lowest BCUT2D eigenvalue weighted by molar-refractivity contribution is -0.173. The van der Waals surface area contributed by atoms with Crippen LogP contribution in [0.15, 0.2) is 35.5 Å². The first-order valence-corrected chi connectivity index (χ1v) is 6.35. The van der Waals surface area contributed by atoms with Gasteiger partial charge in [-0.3, -0.25) is 4.79 Å². The van der Waals surface area contributed by atoms with E-state index in [2.05, 4.69) is 14.8 Å². The zero-order valence-corrected chi connectivity index (χ0v) is 12.0. The van der Waals surface area contributed by atoms with E-state index in [9.17, 15) is 18.0 Å². The van der Waals surface area contributed by atoms with Gasteiger partial charge in [-0.1, -0.05) is 49.3 Å². The van der Waals surface area contributed by atoms with Gasteiger partial charge in [0.1, 0.15) is 0 Å². The van der Waals surface area contributed by atoms with E-state index in [0.717, 1.165) is 0 Å². The topological polar surface area (TPSA) is 75.1 Å². The van der Waals surface area contributed by atoms with Gasteiger partial charge in [-0.2, -0.15) is 18.0 Å². The highest BCUT2D eigenvalue weighted by Gasteiger charge is 2.33. The molecule has 8 heteroatoms. The zero-order chi connectivity index (χ0) is 16.8. The molecule has 0 aromatic heterocycles. The van der Waals surface area contributed by atoms with Crippen LogP contribution in [0.25, 0.3) is 5.53 Å². The number of hydrogen-bond donors (Lipinski definition) is 0. The van der Waals surface area contributed by atoms with Gasteiger partial charge in [0, 0.05) is 11.5 Å². The summed E-state index contributed by atoms with van der Waals surface area (Å²) >= 11 is 0. The molecule has 0 amide bonds. The Kier molecular flexibility index (Phi) is 6.00. The van der Waals surface area contributed by atoms with E-state index in [1.54, 1.807) is 32.0 Å². The molecule has 0 N–H and O–H groups in total. The van der Waals surface area contributed by atoms with E-state index in [4.69, 9.17) is 5.53 Å². The monoisotopic (exact) mass is 313 g/mol. The van der Waals surface area contributed by atoms with Crippen molar-refractivity contribution in [2.45, 2.75) is 20.0 Å². The van der Waals surface area contributed by atoms with Crippen LogP contribution in [0.4, 0.5) is 13.2 Å². The second kappa shape index (κ2) is 7.51. The molecular formula is C14H14F3N3O2. The van der Waals surface area contributed by atoms with Crippen LogP contribution in [0.5, 0.6) is 0 Å². The van der Waals surface area contributed by atoms with Crippen molar-refractivity contribution in [3.63, 3.8) is 0 Å². The smallest absolute Gasteiger partial charge is 0.385 e. The summed E-state index contributed by atoms with van der Waals surface area (Å²) in [6, 6.07) is 7.90. The molecule has 0 aliphatic carbocycles. The number of rotatable bonds is 6. The van der Waals surface area contributed by atoms with Crippen LogP contribution in [-0.2, 0) is 9.63 Å². The Bertz CT molecular complexity index is 604. The molecule has 0 spiro atoms. The molecule has 0 radical (unpaired) electrons. The van der Waals surface area contributed by atoms with E-state index in [1.165, 1.54) is 12.1 Å². The Morgan fingerprint density at radius 3 is 2.36 bits per heavy atom. The number of oxime groups is 1. The Balaban J connectivity index is 3.20. The van der Waals surface area contributed by atoms with Crippen molar-refractivity contribution >= 4 is 17.2 Å². The maximum absolute atomic E-state index is 12.1. The van der Waals surface area contributed by atoms with Gasteiger partial charge >= 0.3 is 11.9 Å². The number of hydrogen-bond acceptors (Lipinski definition) is 3. The van der Waals surface area contributed by atoms with Crippen molar-refractivity contribution in [3.8, 4) is 0 Å². The van der Waals surface area contributed by atoms with Crippen LogP contribution in [-0.4, -0.2) is 34.8 Å². The van der Waals surface area contributed by atoms with Gasteiger partial charge in [0.25, 0.3) is 0 Å². The molecule has 0 atom stereocenters. The quantitative estimate of drug-likeness (QED) is 0.350. The van der Waals surface area contributed by atoms with E-state index in [0.29, 0.717) is 5.56 Å². The molecule has 0 saturated carbocycles. The maximum Gasteiger partial charge on any atom is 0.425 e. The van der Waals surface area contributed by atoms with Crippen molar-refractivity contribution in [1.82, 2.24) is 0 Å². The van der Waals surface area contributed by atoms with Crippen LogP contribution in [0.2, 0.25) is 0 Å². The molecule has 1 rings (SSSR count). The average molecular weight is 313 g/mol. The Hall–Kier alpha value is -2.47. The van der Waals surface area contributed by atoms with Crippen LogP contribution < -0.4 is 0 Å². The molecule has 0 heterocycles. The standard InChI is InChI=1S/C14H14F3N3O2/c1-9(2)13(21)12(19-18)11(10-6-4-3-5-7-10)20-22-8-14(15,16)17/h3-7,9H,8H2,1-2H3. The maximum atomic E-state index is 12.1. The third-order valence-electron chi connectivity index (χ3n) is 2.51. The third-order valence-corrected chi connectivity index (χ3v) is 2.51. The molecule has 0 aliphatic heterocycles. The molecule has 22 heavy (non-hydrogen) atoms. The van der Waals surface area contributed by atoms with Crippen molar-refractivity contribution in [1.29, 1.82) is 0 Å². The molecule has 1 aromatic rings. The number of nitrogens with zero attached hydrogens (tertiary/aromatic N) is 3. The first-order chi connectivity index (χ1) is 10.3. The third kappa shape index (κ3) is 5.14. The van der Waals surface area contributed by atoms with E-state index < -0.39 is 30.2 Å². The van der Waals surface area contributed by atoms with E-state index in [1.807, 2.05) is 0 Å². The fraction of sp³-hybridized carbons (Fsp3) is 0.357. The van der Waals surface area contributed by atoms with Crippen molar-refractivity contribution in [2.24, 2.45) is 11.1 Å². The fourth-order valence-corrected chi connectivity index (χ4v) is 1.49. The van der Waals surface area contributed by atoms with E-state index in [-0.39, 0.29) is 5.71 Å². The number of carbonyl (C=O) groups is 1. The number of ketones is 1. The summed E-state index contributed by atoms with van der Waals surface area (Å²) in [5.74, 6) is -1.09. The predicted molar refractivity (Wildman–Crippen MR) is 73.5 cm³/mol. The van der Waals surface area contributed by atoms with Gasteiger partial charge in [-0.15, -0.1) is 0 Å². The molecule has 0 fully saturated rings. The van der Waals surface area contributed by atoms with Crippen molar-refractivity contribution in [2.75, 3.05) is 6.61 Å². The van der Waals surface area contributed by atoms with Gasteiger partial charge in [-0.25, -0.2) is 0 Å². The summed E-state index contributed by atoms with van der Waals surface area (Å²) in [6.45, 7) is 1.51. The molecule has 0 bridgehead atoms. The normalized spacial score (nSPS) is 12.0. The highest BCUT2D eigenvalue weighted by molar-refractivity contribution is 6.68. The minimum absolute atomic E-state index is 0.258. The van der Waals surface area contributed by atoms with Gasteiger partial charge in [0.05, 0.1) is 0 Å². The molecule has 0 saturated heterocycles. The van der Waals surface area contributed by atoms with Gasteiger partial charge in [-0.05, 0) is 0 Å². The van der Waals surface area contributed by atoms with Crippen LogP contribution in [0.3, 0.4) is 0 Å². The SMILES string of the molecule is CC(C)C(=O)C(=[N+]=[N-])C(=NOCC(F)(F)F)c1ccccc1. The number of alkyl halides is 3. The predicted octanol–water partition coefficient (Wildman–Crippen LogP) is 2.87. The number of benzene rings is 1. The number of carbonyl (C=O) groups excluding carboxylic acids is 1. The lowest BCUT2D eigenvalue weighted by Gasteiger charge is -2.06. The molecule has 1 aromatic carbocycles. The van der Waals surface area contributed by atoms with Gasteiger partial charge in [0.2, 0.25) is 18.1 Å². The lowest BCUT2D eigenvalue weighted by Crippen LogP contribution is -2.30. The molecular weight excluding hydrogens is 299 g/mol. The molecule has 5 nitrogen and oxygen atoms in total. The zero-order valence-electron chi connectivity index (χ0n) is 12.0. The van der Waals surface area contributed by atoms with Gasteiger partial charge < -0.3 is 10.4 Å². The second-order valence-corrected chi connectivity index (χ2v) is 4.66. The molecule has 118 valence electrons. The Morgan fingerprint density at radius 1 is 1.32 bits per heavy atom. The largest absolute Gasteiger partial charge is 0.425 e. The first-order valence-electron chi connectivity index (χ1n) is 6.35. The minimum Gasteiger partial charge on any atom is -0.385 e. The molecule has 0 unspecified atom stereocenters. The highest BCUT2D eigenvalue weighted by Crippen LogP contribution is 2.15. The summed E-state index contributed by atoms with van der Waals surface area (Å²) < 4.78 is 36.4. The number of Topliss-reactive ketones (excluding diaryl/α,β-unsaturated/α-hetero) is 1. The fourth-order valence-electron chi connectivity index (χ4n) is 1.49. The lowest BCUT2D eigenvalue weighted by atomic mass is 9.97. The van der Waals surface area contributed by atoms with Crippen molar-refractivity contribution < 1.29 is 27.6 Å². The van der Waals surface area contributed by atoms with Crippen molar-refractivity contribution in [3.05, 3.63) is 41.4 Å². The van der Waals surface area contributed by atoms with E-state index >= 15 is 0 Å². The first kappa shape index (κ1) is 17.6. The summed E-state index contributed by atoms with van der Waals surface area (Å²) in [6.07, 6.45) is -4.57. The highest BCUT2D eigenvalue weighted by atomic mass is 19.4. The molecule has 0 aliphatic rings. The Morgan fingerprint density at radius 2 is 1.91 bits per heavy atom. The summed E-state index contributed by atoms with van der Waals surface area (Å²) in [5, 5.41) is 3.34. The van der Waals surface area contributed by atoms with Crippen LogP contribution >= 0.6 is 0 Å². The Labute approximate surface area is 125 Å². The average Bonchev–Trinajstić information content (AvgIpc) is 2.45.